The lowest BCUT2D eigenvalue weighted by atomic mass is 10.1. The molecule has 0 aliphatic rings. The van der Waals surface area contributed by atoms with Gasteiger partial charge in [-0.3, -0.25) is 9.59 Å². The van der Waals surface area contributed by atoms with E-state index in [0.29, 0.717) is 6.42 Å². The zero-order chi connectivity index (χ0) is 30.7. The summed E-state index contributed by atoms with van der Waals surface area (Å²) < 4.78 is 11.5. The predicted molar refractivity (Wildman–Crippen MR) is 171 cm³/mol. The molecule has 0 bridgehead atoms. The largest absolute Gasteiger partial charge is 0.408 e. The SMILES string of the molecule is CCCCCCCCCCCCCC(=O)OC(CC)(NC(C)(O)CC)OC(=O)CCCCCCCCCCCCC. The molecule has 6 nitrogen and oxygen atoms in total. The summed E-state index contributed by atoms with van der Waals surface area (Å²) in [4.78, 5) is 25.5. The maximum Gasteiger partial charge on any atom is 0.320 e. The van der Waals surface area contributed by atoms with Crippen LogP contribution in [0.25, 0.3) is 0 Å². The fraction of sp³-hybridized carbons (Fsp3) is 0.943. The van der Waals surface area contributed by atoms with E-state index in [9.17, 15) is 14.7 Å². The molecule has 0 heterocycles. The Morgan fingerprint density at radius 3 is 1.07 bits per heavy atom. The average Bonchev–Trinajstić information content (AvgIpc) is 2.94. The third-order valence-electron chi connectivity index (χ3n) is 8.14. The Bertz CT molecular complexity index is 582. The van der Waals surface area contributed by atoms with E-state index < -0.39 is 23.6 Å². The van der Waals surface area contributed by atoms with Crippen molar-refractivity contribution in [1.82, 2.24) is 5.32 Å². The molecule has 0 aromatic heterocycles. The van der Waals surface area contributed by atoms with Crippen LogP contribution in [0.1, 0.15) is 202 Å². The maximum absolute atomic E-state index is 12.8. The van der Waals surface area contributed by atoms with Crippen LogP contribution >= 0.6 is 0 Å². The van der Waals surface area contributed by atoms with E-state index >= 15 is 0 Å². The van der Waals surface area contributed by atoms with Crippen molar-refractivity contribution in [3.8, 4) is 0 Å². The van der Waals surface area contributed by atoms with Crippen molar-refractivity contribution in [2.24, 2.45) is 0 Å². The first kappa shape index (κ1) is 39.9. The summed E-state index contributed by atoms with van der Waals surface area (Å²) in [6.07, 6.45) is 27.8. The smallest absolute Gasteiger partial charge is 0.320 e. The minimum absolute atomic E-state index is 0.219. The first-order chi connectivity index (χ1) is 19.7. The molecule has 0 fully saturated rings. The molecular formula is C35H69NO5. The summed E-state index contributed by atoms with van der Waals surface area (Å²) in [5.41, 5.74) is -1.33. The van der Waals surface area contributed by atoms with Crippen molar-refractivity contribution < 1.29 is 24.2 Å². The van der Waals surface area contributed by atoms with Crippen molar-refractivity contribution in [3.05, 3.63) is 0 Å². The van der Waals surface area contributed by atoms with Crippen molar-refractivity contribution in [2.45, 2.75) is 213 Å². The Morgan fingerprint density at radius 1 is 0.512 bits per heavy atom. The third-order valence-corrected chi connectivity index (χ3v) is 8.14. The molecule has 1 atom stereocenters. The van der Waals surface area contributed by atoms with Gasteiger partial charge >= 0.3 is 17.8 Å². The summed E-state index contributed by atoms with van der Waals surface area (Å²) in [5, 5.41) is 13.6. The van der Waals surface area contributed by atoms with Gasteiger partial charge < -0.3 is 14.6 Å². The molecule has 41 heavy (non-hydrogen) atoms. The summed E-state index contributed by atoms with van der Waals surface area (Å²) in [6.45, 7) is 9.72. The van der Waals surface area contributed by atoms with Crippen LogP contribution in [0.5, 0.6) is 0 Å². The van der Waals surface area contributed by atoms with Crippen LogP contribution in [-0.2, 0) is 19.1 Å². The van der Waals surface area contributed by atoms with E-state index in [4.69, 9.17) is 9.47 Å². The summed E-state index contributed by atoms with van der Waals surface area (Å²) >= 11 is 0. The van der Waals surface area contributed by atoms with Crippen molar-refractivity contribution in [1.29, 1.82) is 0 Å². The number of carbonyl (C=O) groups is 2. The van der Waals surface area contributed by atoms with Gasteiger partial charge in [0.25, 0.3) is 0 Å². The number of unbranched alkanes of at least 4 members (excludes halogenated alkanes) is 20. The zero-order valence-corrected chi connectivity index (χ0v) is 28.0. The molecule has 0 aromatic rings. The summed E-state index contributed by atoms with van der Waals surface area (Å²) in [6, 6.07) is 0. The Kier molecular flexibility index (Phi) is 25.7. The van der Waals surface area contributed by atoms with Crippen LogP contribution in [0.15, 0.2) is 0 Å². The van der Waals surface area contributed by atoms with Crippen molar-refractivity contribution in [3.63, 3.8) is 0 Å². The molecule has 0 aliphatic heterocycles. The molecule has 0 amide bonds. The van der Waals surface area contributed by atoms with Crippen LogP contribution in [0.2, 0.25) is 0 Å². The summed E-state index contributed by atoms with van der Waals surface area (Å²) in [5.74, 6) is -2.45. The summed E-state index contributed by atoms with van der Waals surface area (Å²) in [7, 11) is 0. The minimum atomic E-state index is -1.65. The predicted octanol–water partition coefficient (Wildman–Crippen LogP) is 10.2. The minimum Gasteiger partial charge on any atom is -0.408 e. The lowest BCUT2D eigenvalue weighted by Gasteiger charge is -2.38. The third kappa shape index (κ3) is 24.0. The highest BCUT2D eigenvalue weighted by Crippen LogP contribution is 2.23. The Morgan fingerprint density at radius 2 is 0.805 bits per heavy atom. The average molecular weight is 584 g/mol. The van der Waals surface area contributed by atoms with E-state index in [1.54, 1.807) is 13.8 Å². The van der Waals surface area contributed by atoms with Gasteiger partial charge in [0.1, 0.15) is 5.72 Å². The van der Waals surface area contributed by atoms with Crippen LogP contribution in [0.3, 0.4) is 0 Å². The van der Waals surface area contributed by atoms with Crippen LogP contribution in [0.4, 0.5) is 0 Å². The number of aliphatic hydroxyl groups is 1. The van der Waals surface area contributed by atoms with E-state index in [2.05, 4.69) is 19.2 Å². The topological polar surface area (TPSA) is 84.9 Å². The number of hydrogen-bond acceptors (Lipinski definition) is 6. The maximum atomic E-state index is 12.8. The lowest BCUT2D eigenvalue weighted by molar-refractivity contribution is -0.261. The normalized spacial score (nSPS) is 13.2. The second kappa shape index (κ2) is 26.5. The molecule has 0 aliphatic carbocycles. The molecule has 0 aromatic carbocycles. The fourth-order valence-corrected chi connectivity index (χ4v) is 5.14. The quantitative estimate of drug-likeness (QED) is 0.0497. The van der Waals surface area contributed by atoms with E-state index in [1.807, 2.05) is 6.92 Å². The monoisotopic (exact) mass is 584 g/mol. The molecule has 1 unspecified atom stereocenters. The van der Waals surface area contributed by atoms with Gasteiger partial charge in [-0.05, 0) is 26.2 Å². The standard InChI is InChI=1S/C35H69NO5/c1-6-10-12-14-16-18-20-22-24-26-28-30-32(37)40-35(9-4,36-34(5,39)8-3)41-33(38)31-29-27-25-23-21-19-17-15-13-11-7-2/h36,39H,6-31H2,1-5H3. The van der Waals surface area contributed by atoms with Crippen molar-refractivity contribution in [2.75, 3.05) is 0 Å². The highest BCUT2D eigenvalue weighted by atomic mass is 16.8. The first-order valence-corrected chi connectivity index (χ1v) is 17.7. The van der Waals surface area contributed by atoms with Gasteiger partial charge in [-0.25, -0.2) is 5.32 Å². The number of ether oxygens (including phenoxy) is 2. The molecular weight excluding hydrogens is 514 g/mol. The van der Waals surface area contributed by atoms with Crippen LogP contribution in [-0.4, -0.2) is 28.7 Å². The van der Waals surface area contributed by atoms with Gasteiger partial charge in [0.05, 0.1) is 0 Å². The van der Waals surface area contributed by atoms with Gasteiger partial charge in [0, 0.05) is 19.3 Å². The molecule has 0 spiro atoms. The van der Waals surface area contributed by atoms with E-state index in [1.165, 1.54) is 103 Å². The van der Waals surface area contributed by atoms with E-state index in [0.717, 1.165) is 38.5 Å². The number of esters is 2. The van der Waals surface area contributed by atoms with Crippen LogP contribution < -0.4 is 5.32 Å². The highest BCUT2D eigenvalue weighted by Gasteiger charge is 2.41. The number of hydrogen-bond donors (Lipinski definition) is 2. The molecule has 2 N–H and O–H groups in total. The Labute approximate surface area is 254 Å². The number of carbonyl (C=O) groups excluding carboxylic acids is 2. The molecule has 244 valence electrons. The molecule has 0 rings (SSSR count). The zero-order valence-electron chi connectivity index (χ0n) is 28.0. The molecule has 0 radical (unpaired) electrons. The molecule has 0 saturated carbocycles. The molecule has 6 heteroatoms. The highest BCUT2D eigenvalue weighted by molar-refractivity contribution is 5.72. The van der Waals surface area contributed by atoms with E-state index in [-0.39, 0.29) is 19.3 Å². The fourth-order valence-electron chi connectivity index (χ4n) is 5.14. The van der Waals surface area contributed by atoms with Gasteiger partial charge in [0.2, 0.25) is 0 Å². The van der Waals surface area contributed by atoms with Gasteiger partial charge in [-0.15, -0.1) is 0 Å². The Balaban J connectivity index is 4.40. The lowest BCUT2D eigenvalue weighted by Crippen LogP contribution is -2.60. The van der Waals surface area contributed by atoms with Gasteiger partial charge in [-0.1, -0.05) is 156 Å². The second-order valence-corrected chi connectivity index (χ2v) is 12.4. The van der Waals surface area contributed by atoms with Crippen molar-refractivity contribution >= 4 is 11.9 Å². The van der Waals surface area contributed by atoms with Gasteiger partial charge in [0.15, 0.2) is 0 Å². The number of nitrogens with one attached hydrogen (secondary N) is 1. The first-order valence-electron chi connectivity index (χ1n) is 17.7. The second-order valence-electron chi connectivity index (χ2n) is 12.4. The Hall–Kier alpha value is -1.14. The number of rotatable bonds is 30. The van der Waals surface area contributed by atoms with Crippen LogP contribution in [0, 0.1) is 0 Å². The molecule has 0 saturated heterocycles. The van der Waals surface area contributed by atoms with Gasteiger partial charge in [-0.2, -0.15) is 0 Å².